The molecule has 1 saturated heterocycles. The summed E-state index contributed by atoms with van der Waals surface area (Å²) in [6.07, 6.45) is 1.95. The number of hydrogen-bond donors (Lipinski definition) is 2. The molecule has 0 aliphatic carbocycles. The molecule has 1 amide bonds. The Morgan fingerprint density at radius 2 is 2.00 bits per heavy atom. The molecule has 9 nitrogen and oxygen atoms in total. The van der Waals surface area contributed by atoms with Gasteiger partial charge in [0.1, 0.15) is 6.54 Å². The van der Waals surface area contributed by atoms with Gasteiger partial charge in [0.2, 0.25) is 11.8 Å². The minimum absolute atomic E-state index is 0.149. The van der Waals surface area contributed by atoms with Crippen molar-refractivity contribution in [3.05, 3.63) is 11.7 Å². The minimum atomic E-state index is -0.167. The molecular weight excluding hydrogens is 358 g/mol. The van der Waals surface area contributed by atoms with Crippen molar-refractivity contribution < 1.29 is 9.32 Å². The molecule has 1 fully saturated rings. The molecule has 28 heavy (non-hydrogen) atoms. The Morgan fingerprint density at radius 3 is 2.54 bits per heavy atom. The molecular formula is C19H35N7O2. The Balaban J connectivity index is 1.86. The highest BCUT2D eigenvalue weighted by molar-refractivity contribution is 5.80. The third-order valence-electron chi connectivity index (χ3n) is 4.62. The second kappa shape index (κ2) is 9.86. The molecule has 2 heterocycles. The molecule has 0 aromatic carbocycles. The third-order valence-corrected chi connectivity index (χ3v) is 4.62. The molecule has 158 valence electrons. The summed E-state index contributed by atoms with van der Waals surface area (Å²) >= 11 is 0. The lowest BCUT2D eigenvalue weighted by atomic mass is 9.97. The van der Waals surface area contributed by atoms with Gasteiger partial charge in [0, 0.05) is 45.2 Å². The van der Waals surface area contributed by atoms with Gasteiger partial charge in [-0.25, -0.2) is 4.99 Å². The van der Waals surface area contributed by atoms with Crippen molar-refractivity contribution in [3.63, 3.8) is 0 Å². The van der Waals surface area contributed by atoms with Gasteiger partial charge in [-0.15, -0.1) is 0 Å². The van der Waals surface area contributed by atoms with E-state index in [4.69, 9.17) is 4.52 Å². The highest BCUT2D eigenvalue weighted by atomic mass is 16.5. The van der Waals surface area contributed by atoms with Crippen LogP contribution in [-0.4, -0.2) is 78.1 Å². The molecule has 1 aromatic rings. The van der Waals surface area contributed by atoms with Crippen molar-refractivity contribution in [1.82, 2.24) is 30.6 Å². The fourth-order valence-corrected chi connectivity index (χ4v) is 2.85. The summed E-state index contributed by atoms with van der Waals surface area (Å²) in [4.78, 5) is 24.7. The van der Waals surface area contributed by atoms with Crippen LogP contribution >= 0.6 is 0 Å². The van der Waals surface area contributed by atoms with Crippen molar-refractivity contribution in [1.29, 1.82) is 0 Å². The van der Waals surface area contributed by atoms with Gasteiger partial charge in [0.25, 0.3) is 0 Å². The lowest BCUT2D eigenvalue weighted by Gasteiger charge is -2.33. The number of nitrogens with zero attached hydrogens (tertiary/aromatic N) is 5. The van der Waals surface area contributed by atoms with E-state index in [1.54, 1.807) is 19.0 Å². The minimum Gasteiger partial charge on any atom is -0.357 e. The molecule has 1 aromatic heterocycles. The van der Waals surface area contributed by atoms with Gasteiger partial charge in [0.05, 0.1) is 6.54 Å². The number of likely N-dealkylation sites (N-methyl/N-ethyl adjacent to an activating group) is 1. The number of amides is 1. The molecule has 1 aliphatic rings. The second-order valence-corrected chi connectivity index (χ2v) is 8.44. The summed E-state index contributed by atoms with van der Waals surface area (Å²) in [5.41, 5.74) is -0.167. The number of rotatable bonds is 6. The van der Waals surface area contributed by atoms with E-state index in [-0.39, 0.29) is 11.3 Å². The van der Waals surface area contributed by atoms with Crippen molar-refractivity contribution >= 4 is 11.9 Å². The Morgan fingerprint density at radius 1 is 1.32 bits per heavy atom. The van der Waals surface area contributed by atoms with Crippen LogP contribution in [0.1, 0.15) is 52.3 Å². The van der Waals surface area contributed by atoms with Gasteiger partial charge >= 0.3 is 0 Å². The van der Waals surface area contributed by atoms with Crippen LogP contribution in [0, 0.1) is 0 Å². The molecule has 0 unspecified atom stereocenters. The molecule has 0 radical (unpaired) electrons. The van der Waals surface area contributed by atoms with E-state index in [1.807, 2.05) is 27.7 Å². The largest absolute Gasteiger partial charge is 0.357 e. The topological polar surface area (TPSA) is 98.9 Å². The number of guanidine groups is 1. The van der Waals surface area contributed by atoms with E-state index in [2.05, 4.69) is 30.7 Å². The SMILES string of the molecule is CCNC(=NCc1noc(C(C)(C)C)n1)NC1CCN(CC(=O)N(C)C)CC1. The van der Waals surface area contributed by atoms with E-state index in [1.165, 1.54) is 0 Å². The molecule has 1 aliphatic heterocycles. The van der Waals surface area contributed by atoms with Gasteiger partial charge in [0.15, 0.2) is 11.8 Å². The zero-order valence-corrected chi connectivity index (χ0v) is 18.1. The number of aliphatic imine (C=N–C) groups is 1. The number of likely N-dealkylation sites (tertiary alicyclic amines) is 1. The van der Waals surface area contributed by atoms with Crippen molar-refractivity contribution in [3.8, 4) is 0 Å². The summed E-state index contributed by atoms with van der Waals surface area (Å²) in [5.74, 6) is 2.11. The first kappa shape index (κ1) is 22.1. The normalized spacial score (nSPS) is 16.9. The molecule has 0 saturated carbocycles. The summed E-state index contributed by atoms with van der Waals surface area (Å²) in [5, 5.41) is 10.8. The molecule has 0 spiro atoms. The van der Waals surface area contributed by atoms with Crippen LogP contribution in [0.25, 0.3) is 0 Å². The number of carbonyl (C=O) groups excluding carboxylic acids is 1. The fraction of sp³-hybridized carbons (Fsp3) is 0.789. The molecule has 2 N–H and O–H groups in total. The van der Waals surface area contributed by atoms with Crippen molar-refractivity contribution in [2.45, 2.75) is 58.5 Å². The van der Waals surface area contributed by atoms with Crippen molar-refractivity contribution in [2.24, 2.45) is 4.99 Å². The summed E-state index contributed by atoms with van der Waals surface area (Å²) in [6, 6.07) is 0.332. The van der Waals surface area contributed by atoms with Crippen molar-refractivity contribution in [2.75, 3.05) is 40.3 Å². The van der Waals surface area contributed by atoms with E-state index >= 15 is 0 Å². The fourth-order valence-electron chi connectivity index (χ4n) is 2.85. The Kier molecular flexibility index (Phi) is 7.79. The van der Waals surface area contributed by atoms with Crippen LogP contribution in [0.4, 0.5) is 0 Å². The maximum absolute atomic E-state index is 11.9. The standard InChI is InChI=1S/C19H35N7O2/c1-7-20-18(21-12-15-23-17(28-24-15)19(2,3)4)22-14-8-10-26(11-9-14)13-16(27)25(5)6/h14H,7-13H2,1-6H3,(H2,20,21,22). The van der Waals surface area contributed by atoms with E-state index in [0.29, 0.717) is 30.8 Å². The number of aromatic nitrogens is 2. The first-order valence-electron chi connectivity index (χ1n) is 9.99. The average molecular weight is 394 g/mol. The summed E-state index contributed by atoms with van der Waals surface area (Å²) in [6.45, 7) is 11.6. The van der Waals surface area contributed by atoms with Gasteiger partial charge in [-0.2, -0.15) is 4.98 Å². The first-order chi connectivity index (χ1) is 13.2. The van der Waals surface area contributed by atoms with Gasteiger partial charge < -0.3 is 20.1 Å². The average Bonchev–Trinajstić information content (AvgIpc) is 3.11. The van der Waals surface area contributed by atoms with Crippen LogP contribution < -0.4 is 10.6 Å². The van der Waals surface area contributed by atoms with Gasteiger partial charge in [-0.1, -0.05) is 25.9 Å². The van der Waals surface area contributed by atoms with Gasteiger partial charge in [-0.3, -0.25) is 9.69 Å². The Labute approximate surface area is 167 Å². The monoisotopic (exact) mass is 393 g/mol. The third kappa shape index (κ3) is 6.78. The van der Waals surface area contributed by atoms with E-state index < -0.39 is 0 Å². The number of piperidine rings is 1. The van der Waals surface area contributed by atoms with E-state index in [0.717, 1.165) is 38.4 Å². The van der Waals surface area contributed by atoms with Crippen LogP contribution in [0.3, 0.4) is 0 Å². The summed E-state index contributed by atoms with van der Waals surface area (Å²) < 4.78 is 5.32. The predicted octanol–water partition coefficient (Wildman–Crippen LogP) is 0.975. The maximum atomic E-state index is 11.9. The quantitative estimate of drug-likeness (QED) is 0.549. The highest BCUT2D eigenvalue weighted by Crippen LogP contribution is 2.19. The number of nitrogens with one attached hydrogen (secondary N) is 2. The zero-order valence-electron chi connectivity index (χ0n) is 18.1. The van der Waals surface area contributed by atoms with E-state index in [9.17, 15) is 4.79 Å². The maximum Gasteiger partial charge on any atom is 0.236 e. The van der Waals surface area contributed by atoms with Crippen LogP contribution in [-0.2, 0) is 16.8 Å². The van der Waals surface area contributed by atoms with Crippen LogP contribution in [0.5, 0.6) is 0 Å². The number of hydrogen-bond acceptors (Lipinski definition) is 6. The summed E-state index contributed by atoms with van der Waals surface area (Å²) in [7, 11) is 3.59. The lowest BCUT2D eigenvalue weighted by molar-refractivity contribution is -0.130. The Bertz CT molecular complexity index is 655. The molecule has 0 atom stereocenters. The van der Waals surface area contributed by atoms with Gasteiger partial charge in [-0.05, 0) is 19.8 Å². The zero-order chi connectivity index (χ0) is 20.7. The number of carbonyl (C=O) groups is 1. The van der Waals surface area contributed by atoms with Crippen LogP contribution in [0.15, 0.2) is 9.52 Å². The molecule has 9 heteroatoms. The molecule has 2 rings (SSSR count). The lowest BCUT2D eigenvalue weighted by Crippen LogP contribution is -2.50. The molecule has 0 bridgehead atoms. The first-order valence-corrected chi connectivity index (χ1v) is 9.99. The predicted molar refractivity (Wildman–Crippen MR) is 109 cm³/mol. The second-order valence-electron chi connectivity index (χ2n) is 8.44. The Hall–Kier alpha value is -2.16. The smallest absolute Gasteiger partial charge is 0.236 e. The highest BCUT2D eigenvalue weighted by Gasteiger charge is 2.23. The van der Waals surface area contributed by atoms with Crippen LogP contribution in [0.2, 0.25) is 0 Å².